The Kier molecular flexibility index (Phi) is 9.72. The van der Waals surface area contributed by atoms with Gasteiger partial charge in [0.25, 0.3) is 0 Å². The van der Waals surface area contributed by atoms with E-state index in [2.05, 4.69) is 78.3 Å². The molecule has 2 saturated heterocycles. The number of carbonyl (C=O) groups excluding carboxylic acids is 1. The number of nitrogens with zero attached hydrogens (tertiary/aromatic N) is 10. The third-order valence-electron chi connectivity index (χ3n) is 9.89. The lowest BCUT2D eigenvalue weighted by Crippen LogP contribution is -2.55. The number of benzene rings is 2. The lowest BCUT2D eigenvalue weighted by atomic mass is 9.99. The predicted octanol–water partition coefficient (Wildman–Crippen LogP) is 3.26. The molecule has 0 radical (unpaired) electrons. The van der Waals surface area contributed by atoms with Gasteiger partial charge >= 0.3 is 6.01 Å². The van der Waals surface area contributed by atoms with E-state index in [1.807, 2.05) is 6.07 Å². The van der Waals surface area contributed by atoms with Gasteiger partial charge in [0.1, 0.15) is 12.4 Å². The number of carbonyl (C=O) groups is 1. The summed E-state index contributed by atoms with van der Waals surface area (Å²) in [7, 11) is 0. The molecule has 5 heterocycles. The van der Waals surface area contributed by atoms with Crippen LogP contribution in [0.15, 0.2) is 49.1 Å². The lowest BCUT2D eigenvalue weighted by molar-refractivity contribution is -0.128. The van der Waals surface area contributed by atoms with E-state index in [1.165, 1.54) is 6.08 Å². The molecule has 0 spiro atoms. The third kappa shape index (κ3) is 6.81. The van der Waals surface area contributed by atoms with Crippen LogP contribution < -0.4 is 14.5 Å². The number of H-pyrrole nitrogens is 1. The number of piperazine rings is 1. The van der Waals surface area contributed by atoms with Crippen molar-refractivity contribution in [2.75, 3.05) is 55.7 Å². The van der Waals surface area contributed by atoms with E-state index in [4.69, 9.17) is 26.9 Å². The topological polar surface area (TPSA) is 143 Å². The molecule has 0 bridgehead atoms. The summed E-state index contributed by atoms with van der Waals surface area (Å²) in [4.78, 5) is 31.5. The van der Waals surface area contributed by atoms with Gasteiger partial charge in [-0.25, -0.2) is 0 Å². The molecular formula is C35H39N11O2S. The fourth-order valence-corrected chi connectivity index (χ4v) is 7.64. The Bertz CT molecular complexity index is 1870. The van der Waals surface area contributed by atoms with E-state index in [0.717, 1.165) is 78.0 Å². The average molecular weight is 678 g/mol. The lowest BCUT2D eigenvalue weighted by Gasteiger charge is -2.42. The maximum absolute atomic E-state index is 12.6. The average Bonchev–Trinajstić information content (AvgIpc) is 3.84. The van der Waals surface area contributed by atoms with Crippen LogP contribution in [0.25, 0.3) is 10.8 Å². The van der Waals surface area contributed by atoms with Crippen molar-refractivity contribution in [2.45, 2.75) is 50.7 Å². The summed E-state index contributed by atoms with van der Waals surface area (Å²) in [6, 6.07) is 15.2. The zero-order valence-corrected chi connectivity index (χ0v) is 28.2. The van der Waals surface area contributed by atoms with Crippen molar-refractivity contribution < 1.29 is 9.53 Å². The van der Waals surface area contributed by atoms with E-state index >= 15 is 0 Å². The summed E-state index contributed by atoms with van der Waals surface area (Å²) in [5.41, 5.74) is 4.15. The van der Waals surface area contributed by atoms with Crippen molar-refractivity contribution in [2.24, 2.45) is 0 Å². The number of amides is 1. The molecule has 13 nitrogen and oxygen atoms in total. The molecule has 2 aromatic heterocycles. The minimum Gasteiger partial charge on any atom is -0.462 e. The van der Waals surface area contributed by atoms with Crippen LogP contribution in [-0.2, 0) is 24.2 Å². The second-order valence-electron chi connectivity index (χ2n) is 12.7. The molecule has 4 aromatic rings. The predicted molar refractivity (Wildman–Crippen MR) is 190 cm³/mol. The van der Waals surface area contributed by atoms with Gasteiger partial charge in [0.05, 0.1) is 30.8 Å². The zero-order chi connectivity index (χ0) is 33.7. The Morgan fingerprint density at radius 2 is 2.00 bits per heavy atom. The van der Waals surface area contributed by atoms with E-state index in [0.29, 0.717) is 51.0 Å². The fraction of sp³-hybridized carbons (Fsp3) is 0.429. The minimum atomic E-state index is -0.269. The Morgan fingerprint density at radius 3 is 2.80 bits per heavy atom. The van der Waals surface area contributed by atoms with Crippen molar-refractivity contribution in [1.29, 1.82) is 5.26 Å². The number of hydrogen-bond acceptors (Lipinski definition) is 12. The number of ether oxygens (including phenoxy) is 1. The van der Waals surface area contributed by atoms with E-state index in [9.17, 15) is 10.1 Å². The highest BCUT2D eigenvalue weighted by atomic mass is 32.1. The summed E-state index contributed by atoms with van der Waals surface area (Å²) >= 11 is 5.41. The van der Waals surface area contributed by atoms with Crippen molar-refractivity contribution in [1.82, 2.24) is 40.4 Å². The number of hydrogen-bond donors (Lipinski definition) is 1. The van der Waals surface area contributed by atoms with Gasteiger partial charge in [-0.3, -0.25) is 9.69 Å². The van der Waals surface area contributed by atoms with E-state index < -0.39 is 0 Å². The van der Waals surface area contributed by atoms with Gasteiger partial charge < -0.3 is 19.4 Å². The number of rotatable bonds is 11. The molecule has 49 heavy (non-hydrogen) atoms. The summed E-state index contributed by atoms with van der Waals surface area (Å²) in [6.45, 7) is 8.87. The first-order valence-corrected chi connectivity index (χ1v) is 17.3. The molecule has 2 aromatic carbocycles. The van der Waals surface area contributed by atoms with Gasteiger partial charge in [0, 0.05) is 67.2 Å². The van der Waals surface area contributed by atoms with Crippen LogP contribution in [0.1, 0.15) is 41.9 Å². The van der Waals surface area contributed by atoms with Crippen LogP contribution in [0, 0.1) is 11.3 Å². The van der Waals surface area contributed by atoms with Crippen molar-refractivity contribution in [3.05, 3.63) is 71.7 Å². The second-order valence-corrected chi connectivity index (χ2v) is 12.9. The quantitative estimate of drug-likeness (QED) is 0.184. The van der Waals surface area contributed by atoms with Gasteiger partial charge in [-0.1, -0.05) is 54.3 Å². The summed E-state index contributed by atoms with van der Waals surface area (Å²) in [5, 5.41) is 28.0. The summed E-state index contributed by atoms with van der Waals surface area (Å²) in [6.07, 6.45) is 5.12. The number of aromatic amines is 1. The van der Waals surface area contributed by atoms with Crippen LogP contribution in [0.4, 0.5) is 11.5 Å². The molecule has 252 valence electrons. The van der Waals surface area contributed by atoms with E-state index in [1.54, 1.807) is 10.3 Å². The molecule has 2 atom stereocenters. The Hall–Kier alpha value is -5.00. The molecule has 7 rings (SSSR count). The number of aromatic nitrogens is 6. The third-order valence-corrected chi connectivity index (χ3v) is 10.1. The Labute approximate surface area is 290 Å². The number of likely N-dealkylation sites (tertiary alicyclic amines) is 1. The Morgan fingerprint density at radius 1 is 1.12 bits per heavy atom. The number of tetrazole rings is 1. The van der Waals surface area contributed by atoms with Crippen molar-refractivity contribution in [3.8, 4) is 12.1 Å². The summed E-state index contributed by atoms with van der Waals surface area (Å²) in [5.74, 6) is 1.37. The highest BCUT2D eigenvalue weighted by Crippen LogP contribution is 2.36. The molecule has 0 unspecified atom stereocenters. The number of fused-ring (bicyclic) bond motifs is 2. The van der Waals surface area contributed by atoms with Crippen LogP contribution >= 0.6 is 12.2 Å². The van der Waals surface area contributed by atoms with Gasteiger partial charge in [-0.2, -0.15) is 20.4 Å². The van der Waals surface area contributed by atoms with Crippen LogP contribution in [0.2, 0.25) is 0 Å². The largest absolute Gasteiger partial charge is 0.462 e. The first-order chi connectivity index (χ1) is 24.1. The van der Waals surface area contributed by atoms with Crippen molar-refractivity contribution in [3.63, 3.8) is 0 Å². The zero-order valence-electron chi connectivity index (χ0n) is 27.4. The number of thiocarbonyl (C=S) groups is 1. The molecular weight excluding hydrogens is 639 g/mol. The first-order valence-electron chi connectivity index (χ1n) is 16.8. The fourth-order valence-electron chi connectivity index (χ4n) is 7.45. The van der Waals surface area contributed by atoms with Crippen LogP contribution in [0.3, 0.4) is 0 Å². The SMILES string of the molecule is C=CC(=O)N1CCN(c2nc(OC[C@@H]3CCCN3CCc3nn[nH]n3)nc3c2CCN(c2cccc4cccc(C=S)c24)C3)C[C@@H]1CC#N. The smallest absolute Gasteiger partial charge is 0.318 e. The number of anilines is 2. The molecule has 1 amide bonds. The molecule has 14 heteroatoms. The maximum Gasteiger partial charge on any atom is 0.318 e. The second kappa shape index (κ2) is 14.6. The van der Waals surface area contributed by atoms with Crippen LogP contribution in [0.5, 0.6) is 6.01 Å². The standard InChI is InChI=1S/C35H39N11O2S/c1-2-32(47)46-19-18-45(20-26(46)11-14-36)34-28-12-16-44(30-10-4-7-24-6-3-8-25(23-49)33(24)30)21-29(28)37-35(38-34)48-22-27-9-5-15-43(27)17-13-31-39-41-42-40-31/h2-4,6-8,10,23,26-27H,1,5,9,11-13,15-22H2,(H,39,40,41,42)/t26-,27-/m0/s1. The minimum absolute atomic E-state index is 0.157. The molecule has 0 saturated carbocycles. The molecule has 1 N–H and O–H groups in total. The monoisotopic (exact) mass is 677 g/mol. The Balaban J connectivity index is 1.18. The van der Waals surface area contributed by atoms with Crippen molar-refractivity contribution >= 4 is 45.8 Å². The number of nitrogens with one attached hydrogen (secondary N) is 1. The number of nitriles is 1. The van der Waals surface area contributed by atoms with Gasteiger partial charge in [0.15, 0.2) is 5.82 Å². The van der Waals surface area contributed by atoms with Gasteiger partial charge in [-0.15, -0.1) is 10.2 Å². The highest BCUT2D eigenvalue weighted by molar-refractivity contribution is 7.79. The van der Waals surface area contributed by atoms with Crippen LogP contribution in [-0.4, -0.2) is 110 Å². The first kappa shape index (κ1) is 32.5. The highest BCUT2D eigenvalue weighted by Gasteiger charge is 2.34. The van der Waals surface area contributed by atoms with Gasteiger partial charge in [0.2, 0.25) is 5.91 Å². The summed E-state index contributed by atoms with van der Waals surface area (Å²) < 4.78 is 6.45. The molecule has 0 aliphatic carbocycles. The van der Waals surface area contributed by atoms with Gasteiger partial charge in [-0.05, 0) is 48.9 Å². The normalized spacial score (nSPS) is 19.4. The molecule has 3 aliphatic rings. The maximum atomic E-state index is 12.6. The van der Waals surface area contributed by atoms with E-state index in [-0.39, 0.29) is 24.4 Å². The molecule has 3 aliphatic heterocycles. The molecule has 2 fully saturated rings.